The number of carbonyl (C=O) groups excluding carboxylic acids is 1. The number of allylic oxidation sites excluding steroid dienone is 2. The van der Waals surface area contributed by atoms with Gasteiger partial charge in [-0.1, -0.05) is 18.2 Å². The normalized spacial score (nSPS) is 21.9. The third kappa shape index (κ3) is 8.08. The van der Waals surface area contributed by atoms with E-state index in [2.05, 4.69) is 11.0 Å². The first-order valence-corrected chi connectivity index (χ1v) is 12.7. The van der Waals surface area contributed by atoms with Crippen LogP contribution in [0.3, 0.4) is 0 Å². The van der Waals surface area contributed by atoms with E-state index in [1.165, 1.54) is 18.9 Å². The summed E-state index contributed by atoms with van der Waals surface area (Å²) >= 11 is 0. The second kappa shape index (κ2) is 13.1. The van der Waals surface area contributed by atoms with Gasteiger partial charge in [-0.2, -0.15) is 18.4 Å². The Morgan fingerprint density at radius 1 is 1.17 bits per heavy atom. The summed E-state index contributed by atoms with van der Waals surface area (Å²) < 4.78 is 45.0. The molecular formula is C27H36F3N3O2. The number of anilines is 1. The maximum atomic E-state index is 13.3. The van der Waals surface area contributed by atoms with Crippen molar-refractivity contribution in [2.75, 3.05) is 50.8 Å². The topological polar surface area (TPSA) is 56.6 Å². The van der Waals surface area contributed by atoms with Crippen LogP contribution >= 0.6 is 0 Å². The number of rotatable bonds is 10. The highest BCUT2D eigenvalue weighted by Crippen LogP contribution is 2.36. The van der Waals surface area contributed by atoms with Gasteiger partial charge in [0.2, 0.25) is 0 Å². The Morgan fingerprint density at radius 3 is 2.51 bits per heavy atom. The average Bonchev–Trinajstić information content (AvgIpc) is 2.86. The van der Waals surface area contributed by atoms with Crippen molar-refractivity contribution in [3.63, 3.8) is 0 Å². The molecule has 0 N–H and O–H groups in total. The molecule has 5 nitrogen and oxygen atoms in total. The molecule has 1 aromatic carbocycles. The molecule has 1 aromatic rings. The number of ether oxygens (including phenoxy) is 1. The predicted octanol–water partition coefficient (Wildman–Crippen LogP) is 5.45. The van der Waals surface area contributed by atoms with Crippen molar-refractivity contribution >= 4 is 11.5 Å². The molecule has 192 valence electrons. The summed E-state index contributed by atoms with van der Waals surface area (Å²) in [6.45, 7) is 6.45. The Kier molecular flexibility index (Phi) is 10.2. The Morgan fingerprint density at radius 2 is 1.89 bits per heavy atom. The number of alkyl halides is 3. The molecule has 8 heteroatoms. The smallest absolute Gasteiger partial charge is 0.374 e. The maximum absolute atomic E-state index is 13.3. The van der Waals surface area contributed by atoms with E-state index in [0.717, 1.165) is 45.0 Å². The minimum absolute atomic E-state index is 0.119. The fraction of sp³-hybridized carbons (Fsp3) is 0.630. The van der Waals surface area contributed by atoms with Gasteiger partial charge in [-0.05, 0) is 69.5 Å². The Bertz CT molecular complexity index is 894. The number of hydrogen-bond donors (Lipinski definition) is 0. The van der Waals surface area contributed by atoms with Crippen LogP contribution in [0.15, 0.2) is 30.4 Å². The number of ketones is 1. The molecule has 0 atom stereocenters. The molecule has 2 fully saturated rings. The van der Waals surface area contributed by atoms with Crippen LogP contribution in [-0.4, -0.2) is 56.6 Å². The molecule has 1 aliphatic heterocycles. The molecule has 1 aliphatic carbocycles. The lowest BCUT2D eigenvalue weighted by molar-refractivity contribution is -0.137. The van der Waals surface area contributed by atoms with E-state index in [1.54, 1.807) is 12.1 Å². The second-order valence-electron chi connectivity index (χ2n) is 9.52. The van der Waals surface area contributed by atoms with Crippen LogP contribution in [0.1, 0.15) is 56.6 Å². The molecule has 0 radical (unpaired) electrons. The minimum Gasteiger partial charge on any atom is -0.374 e. The summed E-state index contributed by atoms with van der Waals surface area (Å²) in [7, 11) is 0. The van der Waals surface area contributed by atoms with Gasteiger partial charge in [0, 0.05) is 39.2 Å². The molecule has 0 aromatic heterocycles. The van der Waals surface area contributed by atoms with E-state index < -0.39 is 11.7 Å². The lowest BCUT2D eigenvalue weighted by Gasteiger charge is -2.37. The third-order valence-corrected chi connectivity index (χ3v) is 7.14. The summed E-state index contributed by atoms with van der Waals surface area (Å²) in [6.07, 6.45) is 5.94. The first-order chi connectivity index (χ1) is 16.8. The minimum atomic E-state index is -4.53. The van der Waals surface area contributed by atoms with Gasteiger partial charge in [-0.3, -0.25) is 9.69 Å². The monoisotopic (exact) mass is 491 g/mol. The molecule has 3 rings (SSSR count). The van der Waals surface area contributed by atoms with Crippen molar-refractivity contribution in [2.24, 2.45) is 11.8 Å². The quantitative estimate of drug-likeness (QED) is 0.408. The SMILES string of the molecule is CCOCC(=O)C/C=C/C1CCC(CCN2CCN(c3cccc(C(F)(F)F)c3C#N)CC2)CC1. The molecule has 2 aliphatic rings. The fourth-order valence-corrected chi connectivity index (χ4v) is 5.07. The van der Waals surface area contributed by atoms with Crippen molar-refractivity contribution in [3.05, 3.63) is 41.5 Å². The number of carbonyl (C=O) groups is 1. The highest BCUT2D eigenvalue weighted by Gasteiger charge is 2.35. The molecule has 35 heavy (non-hydrogen) atoms. The van der Waals surface area contributed by atoms with Gasteiger partial charge in [0.1, 0.15) is 12.7 Å². The molecule has 1 saturated carbocycles. The molecule has 1 saturated heterocycles. The first kappa shape index (κ1) is 27.2. The van der Waals surface area contributed by atoms with Gasteiger partial charge in [0.15, 0.2) is 5.78 Å². The lowest BCUT2D eigenvalue weighted by Crippen LogP contribution is -2.47. The average molecular weight is 492 g/mol. The molecule has 0 spiro atoms. The standard InChI is InChI=1S/C27H36F3N3O2/c1-2-35-20-23(34)6-3-5-21-9-11-22(12-10-21)13-14-32-15-17-33(18-16-32)26-8-4-7-25(24(26)19-31)27(28,29)30/h3-5,7-8,21-22H,2,6,9-18,20H2,1H3/b5-3+. The largest absolute Gasteiger partial charge is 0.417 e. The number of nitrogens with zero attached hydrogens (tertiary/aromatic N) is 3. The Labute approximate surface area is 206 Å². The number of Topliss-reactive ketones (excluding diaryl/α,β-unsaturated/α-hetero) is 1. The zero-order valence-electron chi connectivity index (χ0n) is 20.5. The van der Waals surface area contributed by atoms with E-state index in [0.29, 0.717) is 43.6 Å². The van der Waals surface area contributed by atoms with Crippen molar-refractivity contribution < 1.29 is 22.7 Å². The number of hydrogen-bond acceptors (Lipinski definition) is 5. The summed E-state index contributed by atoms with van der Waals surface area (Å²) in [5.74, 6) is 1.37. The Hall–Kier alpha value is -2.37. The van der Waals surface area contributed by atoms with E-state index in [-0.39, 0.29) is 18.0 Å². The van der Waals surface area contributed by atoms with Crippen LogP contribution in [0.2, 0.25) is 0 Å². The van der Waals surface area contributed by atoms with Gasteiger partial charge in [-0.25, -0.2) is 0 Å². The van der Waals surface area contributed by atoms with Crippen LogP contribution in [-0.2, 0) is 15.7 Å². The number of piperazine rings is 1. The summed E-state index contributed by atoms with van der Waals surface area (Å²) in [5.41, 5.74) is -0.756. The van der Waals surface area contributed by atoms with Gasteiger partial charge >= 0.3 is 6.18 Å². The third-order valence-electron chi connectivity index (χ3n) is 7.14. The van der Waals surface area contributed by atoms with Gasteiger partial charge in [0.25, 0.3) is 0 Å². The molecular weight excluding hydrogens is 455 g/mol. The highest BCUT2D eigenvalue weighted by atomic mass is 19.4. The van der Waals surface area contributed by atoms with Gasteiger partial charge < -0.3 is 9.64 Å². The van der Waals surface area contributed by atoms with Crippen LogP contribution < -0.4 is 4.90 Å². The van der Waals surface area contributed by atoms with Crippen LogP contribution in [0.4, 0.5) is 18.9 Å². The zero-order chi connectivity index (χ0) is 25.3. The van der Waals surface area contributed by atoms with E-state index in [1.807, 2.05) is 17.9 Å². The van der Waals surface area contributed by atoms with Crippen molar-refractivity contribution in [1.82, 2.24) is 4.90 Å². The van der Waals surface area contributed by atoms with Gasteiger partial charge in [0.05, 0.1) is 16.8 Å². The predicted molar refractivity (Wildman–Crippen MR) is 130 cm³/mol. The molecule has 0 bridgehead atoms. The number of benzene rings is 1. The zero-order valence-corrected chi connectivity index (χ0v) is 20.5. The van der Waals surface area contributed by atoms with E-state index in [9.17, 15) is 23.2 Å². The van der Waals surface area contributed by atoms with E-state index in [4.69, 9.17) is 4.74 Å². The number of nitriles is 1. The van der Waals surface area contributed by atoms with Crippen LogP contribution in [0, 0.1) is 23.2 Å². The van der Waals surface area contributed by atoms with Crippen LogP contribution in [0.25, 0.3) is 0 Å². The van der Waals surface area contributed by atoms with Crippen LogP contribution in [0.5, 0.6) is 0 Å². The molecule has 0 amide bonds. The summed E-state index contributed by atoms with van der Waals surface area (Å²) in [6, 6.07) is 5.75. The fourth-order valence-electron chi connectivity index (χ4n) is 5.07. The summed E-state index contributed by atoms with van der Waals surface area (Å²) in [4.78, 5) is 16.0. The van der Waals surface area contributed by atoms with Crippen molar-refractivity contribution in [2.45, 2.75) is 51.6 Å². The van der Waals surface area contributed by atoms with Gasteiger partial charge in [-0.15, -0.1) is 0 Å². The number of halogens is 3. The maximum Gasteiger partial charge on any atom is 0.417 e. The summed E-state index contributed by atoms with van der Waals surface area (Å²) in [5, 5.41) is 9.38. The van der Waals surface area contributed by atoms with E-state index >= 15 is 0 Å². The lowest BCUT2D eigenvalue weighted by atomic mass is 9.80. The first-order valence-electron chi connectivity index (χ1n) is 12.7. The molecule has 0 unspecified atom stereocenters. The van der Waals surface area contributed by atoms with Crippen molar-refractivity contribution in [1.29, 1.82) is 5.26 Å². The second-order valence-corrected chi connectivity index (χ2v) is 9.52. The highest BCUT2D eigenvalue weighted by molar-refractivity contribution is 5.81. The molecule has 1 heterocycles. The Balaban J connectivity index is 1.39. The van der Waals surface area contributed by atoms with Crippen molar-refractivity contribution in [3.8, 4) is 6.07 Å².